The van der Waals surface area contributed by atoms with Gasteiger partial charge in [-0.2, -0.15) is 0 Å². The second-order valence-corrected chi connectivity index (χ2v) is 5.58. The van der Waals surface area contributed by atoms with Crippen LogP contribution in [-0.4, -0.2) is 13.7 Å². The molecule has 0 amide bonds. The molecule has 0 bridgehead atoms. The van der Waals surface area contributed by atoms with Gasteiger partial charge >= 0.3 is 0 Å². The third-order valence-electron chi connectivity index (χ3n) is 3.14. The van der Waals surface area contributed by atoms with Crippen LogP contribution in [0.2, 0.25) is 0 Å². The summed E-state index contributed by atoms with van der Waals surface area (Å²) in [5, 5.41) is 0. The Balaban J connectivity index is 3.26. The molecule has 1 aromatic carbocycles. The quantitative estimate of drug-likeness (QED) is 0.870. The molecule has 1 aromatic rings. The topological polar surface area (TPSA) is 35.2 Å². The predicted molar refractivity (Wildman–Crippen MR) is 73.8 cm³/mol. The predicted octanol–water partition coefficient (Wildman–Crippen LogP) is 3.19. The van der Waals surface area contributed by atoms with Crippen molar-refractivity contribution in [3.05, 3.63) is 28.8 Å². The zero-order chi connectivity index (χ0) is 13.1. The van der Waals surface area contributed by atoms with E-state index in [0.29, 0.717) is 0 Å². The van der Waals surface area contributed by atoms with Gasteiger partial charge in [0.25, 0.3) is 0 Å². The zero-order valence-electron chi connectivity index (χ0n) is 11.8. The van der Waals surface area contributed by atoms with Crippen LogP contribution >= 0.6 is 0 Å². The molecular weight excluding hydrogens is 210 g/mol. The van der Waals surface area contributed by atoms with E-state index in [1.807, 2.05) is 0 Å². The average molecular weight is 235 g/mol. The molecule has 0 fully saturated rings. The molecule has 96 valence electrons. The van der Waals surface area contributed by atoms with E-state index in [-0.39, 0.29) is 5.41 Å². The Morgan fingerprint density at radius 3 is 2.35 bits per heavy atom. The molecule has 0 radical (unpaired) electrons. The van der Waals surface area contributed by atoms with Crippen molar-refractivity contribution in [3.63, 3.8) is 0 Å². The van der Waals surface area contributed by atoms with Gasteiger partial charge in [-0.15, -0.1) is 0 Å². The lowest BCUT2D eigenvalue weighted by molar-refractivity contribution is 0.391. The van der Waals surface area contributed by atoms with Crippen LogP contribution in [0.15, 0.2) is 12.1 Å². The van der Waals surface area contributed by atoms with Gasteiger partial charge in [0.05, 0.1) is 7.11 Å². The molecule has 2 nitrogen and oxygen atoms in total. The van der Waals surface area contributed by atoms with Gasteiger partial charge in [0, 0.05) is 0 Å². The maximum atomic E-state index is 5.64. The molecule has 2 heteroatoms. The first-order valence-corrected chi connectivity index (χ1v) is 6.28. The summed E-state index contributed by atoms with van der Waals surface area (Å²) >= 11 is 0. The van der Waals surface area contributed by atoms with Crippen LogP contribution in [0.3, 0.4) is 0 Å². The lowest BCUT2D eigenvalue weighted by Gasteiger charge is -2.25. The van der Waals surface area contributed by atoms with Gasteiger partial charge in [0.2, 0.25) is 0 Å². The van der Waals surface area contributed by atoms with Gasteiger partial charge < -0.3 is 10.5 Å². The Morgan fingerprint density at radius 1 is 1.24 bits per heavy atom. The zero-order valence-corrected chi connectivity index (χ0v) is 11.8. The number of benzene rings is 1. The summed E-state index contributed by atoms with van der Waals surface area (Å²) < 4.78 is 5.64. The van der Waals surface area contributed by atoms with E-state index in [0.717, 1.165) is 25.1 Å². The molecule has 0 aliphatic heterocycles. The largest absolute Gasteiger partial charge is 0.496 e. The van der Waals surface area contributed by atoms with E-state index in [9.17, 15) is 0 Å². The van der Waals surface area contributed by atoms with E-state index >= 15 is 0 Å². The number of nitrogens with two attached hydrogens (primary N) is 1. The van der Waals surface area contributed by atoms with Gasteiger partial charge in [0.15, 0.2) is 0 Å². The van der Waals surface area contributed by atoms with E-state index in [4.69, 9.17) is 10.5 Å². The molecular formula is C15H25NO. The van der Waals surface area contributed by atoms with Gasteiger partial charge in [-0.1, -0.05) is 32.9 Å². The van der Waals surface area contributed by atoms with Crippen LogP contribution in [-0.2, 0) is 11.8 Å². The van der Waals surface area contributed by atoms with Crippen molar-refractivity contribution >= 4 is 0 Å². The van der Waals surface area contributed by atoms with Gasteiger partial charge in [-0.05, 0) is 48.4 Å². The van der Waals surface area contributed by atoms with E-state index in [2.05, 4.69) is 39.8 Å². The van der Waals surface area contributed by atoms with Crippen LogP contribution in [0.1, 0.15) is 43.9 Å². The first kappa shape index (κ1) is 14.0. The lowest BCUT2D eigenvalue weighted by Crippen LogP contribution is -2.15. The SMILES string of the molecule is COc1c(C(C)(C)C)ccc(C)c1CCCN. The number of ether oxygens (including phenoxy) is 1. The Kier molecular flexibility index (Phi) is 4.58. The van der Waals surface area contributed by atoms with E-state index in [1.165, 1.54) is 16.7 Å². The molecule has 0 spiro atoms. The lowest BCUT2D eigenvalue weighted by atomic mass is 9.83. The fourth-order valence-corrected chi connectivity index (χ4v) is 2.14. The summed E-state index contributed by atoms with van der Waals surface area (Å²) in [6.45, 7) is 9.51. The first-order chi connectivity index (χ1) is 7.91. The Bertz CT molecular complexity index is 377. The fraction of sp³-hybridized carbons (Fsp3) is 0.600. The Labute approximate surface area is 105 Å². The maximum absolute atomic E-state index is 5.64. The highest BCUT2D eigenvalue weighted by Crippen LogP contribution is 2.36. The summed E-state index contributed by atoms with van der Waals surface area (Å²) in [4.78, 5) is 0. The van der Waals surface area contributed by atoms with Crippen LogP contribution in [0.5, 0.6) is 5.75 Å². The minimum absolute atomic E-state index is 0.108. The second kappa shape index (κ2) is 5.54. The highest BCUT2D eigenvalue weighted by atomic mass is 16.5. The molecule has 0 unspecified atom stereocenters. The van der Waals surface area contributed by atoms with Crippen molar-refractivity contribution in [2.45, 2.75) is 46.0 Å². The van der Waals surface area contributed by atoms with Crippen molar-refractivity contribution in [3.8, 4) is 5.75 Å². The van der Waals surface area contributed by atoms with Gasteiger partial charge in [-0.3, -0.25) is 0 Å². The summed E-state index contributed by atoms with van der Waals surface area (Å²) in [6.07, 6.45) is 2.00. The van der Waals surface area contributed by atoms with Crippen molar-refractivity contribution < 1.29 is 4.74 Å². The fourth-order valence-electron chi connectivity index (χ4n) is 2.14. The van der Waals surface area contributed by atoms with Crippen LogP contribution < -0.4 is 10.5 Å². The van der Waals surface area contributed by atoms with Crippen molar-refractivity contribution in [1.29, 1.82) is 0 Å². The van der Waals surface area contributed by atoms with Crippen molar-refractivity contribution in [2.24, 2.45) is 5.73 Å². The minimum atomic E-state index is 0.108. The smallest absolute Gasteiger partial charge is 0.126 e. The molecule has 0 atom stereocenters. The molecule has 0 aliphatic rings. The molecule has 0 heterocycles. The molecule has 0 saturated heterocycles. The third-order valence-corrected chi connectivity index (χ3v) is 3.14. The first-order valence-electron chi connectivity index (χ1n) is 6.28. The highest BCUT2D eigenvalue weighted by Gasteiger charge is 2.21. The minimum Gasteiger partial charge on any atom is -0.496 e. The standard InChI is InChI=1S/C15H25NO/c1-11-8-9-13(15(2,3)4)14(17-5)12(11)7-6-10-16/h8-9H,6-7,10,16H2,1-5H3. The monoisotopic (exact) mass is 235 g/mol. The number of methoxy groups -OCH3 is 1. The molecule has 2 N–H and O–H groups in total. The normalized spacial score (nSPS) is 11.6. The molecule has 1 rings (SSSR count). The maximum Gasteiger partial charge on any atom is 0.126 e. The Hall–Kier alpha value is -1.02. The summed E-state index contributed by atoms with van der Waals surface area (Å²) in [7, 11) is 1.76. The molecule has 0 saturated carbocycles. The second-order valence-electron chi connectivity index (χ2n) is 5.58. The van der Waals surface area contributed by atoms with Gasteiger partial charge in [0.1, 0.15) is 5.75 Å². The van der Waals surface area contributed by atoms with Crippen LogP contribution in [0.4, 0.5) is 0 Å². The van der Waals surface area contributed by atoms with Crippen LogP contribution in [0, 0.1) is 6.92 Å². The third kappa shape index (κ3) is 3.22. The summed E-state index contributed by atoms with van der Waals surface area (Å²) in [6, 6.07) is 4.37. The van der Waals surface area contributed by atoms with Crippen LogP contribution in [0.25, 0.3) is 0 Å². The number of aryl methyl sites for hydroxylation is 1. The summed E-state index contributed by atoms with van der Waals surface area (Å²) in [5.41, 5.74) is 9.59. The van der Waals surface area contributed by atoms with Crippen molar-refractivity contribution in [2.75, 3.05) is 13.7 Å². The number of hydrogen-bond acceptors (Lipinski definition) is 2. The van der Waals surface area contributed by atoms with Gasteiger partial charge in [-0.25, -0.2) is 0 Å². The number of hydrogen-bond donors (Lipinski definition) is 1. The number of rotatable bonds is 4. The Morgan fingerprint density at radius 2 is 1.88 bits per heavy atom. The molecule has 0 aromatic heterocycles. The highest BCUT2D eigenvalue weighted by molar-refractivity contribution is 5.49. The molecule has 0 aliphatic carbocycles. The van der Waals surface area contributed by atoms with E-state index in [1.54, 1.807) is 7.11 Å². The average Bonchev–Trinajstić information content (AvgIpc) is 2.25. The van der Waals surface area contributed by atoms with Crippen molar-refractivity contribution in [1.82, 2.24) is 0 Å². The summed E-state index contributed by atoms with van der Waals surface area (Å²) in [5.74, 6) is 1.05. The van der Waals surface area contributed by atoms with E-state index < -0.39 is 0 Å². The molecule has 17 heavy (non-hydrogen) atoms.